The number of aromatic nitrogens is 4. The number of carbonyl (C=O) groups excluding carboxylic acids is 2. The maximum atomic E-state index is 13.0. The van der Waals surface area contributed by atoms with Crippen LogP contribution in [0.4, 0.5) is 4.79 Å². The molecule has 0 aromatic carbocycles. The van der Waals surface area contributed by atoms with Gasteiger partial charge in [0.15, 0.2) is 5.82 Å². The fourth-order valence-electron chi connectivity index (χ4n) is 2.88. The highest BCUT2D eigenvalue weighted by Gasteiger charge is 2.34. The molecule has 2 amide bonds. The maximum Gasteiger partial charge on any atom is 0.410 e. The van der Waals surface area contributed by atoms with E-state index in [0.717, 1.165) is 19.3 Å². The molecule has 0 bridgehead atoms. The van der Waals surface area contributed by atoms with Gasteiger partial charge in [0.25, 0.3) is 0 Å². The second-order valence-corrected chi connectivity index (χ2v) is 7.48. The van der Waals surface area contributed by atoms with Gasteiger partial charge in [-0.15, -0.1) is 10.2 Å². The fraction of sp³-hybridized carbons (Fsp3) is 0.812. The van der Waals surface area contributed by atoms with Gasteiger partial charge < -0.3 is 9.64 Å². The third-order valence-corrected chi connectivity index (χ3v) is 4.34. The molecule has 1 N–H and O–H groups in total. The summed E-state index contributed by atoms with van der Waals surface area (Å²) in [5, 5.41) is 14.0. The number of likely N-dealkylation sites (N-methyl/N-ethyl adjacent to an activating group) is 1. The van der Waals surface area contributed by atoms with Crippen molar-refractivity contribution in [1.29, 1.82) is 0 Å². The molecular weight excluding hydrogens is 324 g/mol. The summed E-state index contributed by atoms with van der Waals surface area (Å²) in [6.45, 7) is 7.81. The molecule has 1 unspecified atom stereocenters. The van der Waals surface area contributed by atoms with E-state index in [1.54, 1.807) is 34.7 Å². The zero-order valence-electron chi connectivity index (χ0n) is 15.7. The first-order valence-electron chi connectivity index (χ1n) is 8.67. The number of nitrogens with one attached hydrogen (secondary N) is 1. The third-order valence-electron chi connectivity index (χ3n) is 4.34. The molecule has 0 radical (unpaired) electrons. The Morgan fingerprint density at radius 3 is 2.72 bits per heavy atom. The van der Waals surface area contributed by atoms with Gasteiger partial charge in [-0.1, -0.05) is 5.21 Å². The van der Waals surface area contributed by atoms with E-state index in [1.807, 2.05) is 4.90 Å². The Hall–Kier alpha value is -2.19. The van der Waals surface area contributed by atoms with Crippen molar-refractivity contribution in [3.8, 4) is 0 Å². The van der Waals surface area contributed by atoms with Gasteiger partial charge in [0.2, 0.25) is 5.91 Å². The predicted octanol–water partition coefficient (Wildman–Crippen LogP) is 1.38. The molecular formula is C16H28N6O3. The van der Waals surface area contributed by atoms with Crippen LogP contribution in [-0.2, 0) is 16.0 Å². The summed E-state index contributed by atoms with van der Waals surface area (Å²) in [4.78, 5) is 28.4. The SMILES string of the molecule is C[C@H](C(=O)N1CCCCC1Cc1nn[nH]n1)N(C)C(=O)OC(C)(C)C. The van der Waals surface area contributed by atoms with Crippen LogP contribution in [0.15, 0.2) is 0 Å². The molecule has 2 atom stereocenters. The smallest absolute Gasteiger partial charge is 0.410 e. The summed E-state index contributed by atoms with van der Waals surface area (Å²) in [5.74, 6) is 0.513. The van der Waals surface area contributed by atoms with Crippen molar-refractivity contribution in [1.82, 2.24) is 30.4 Å². The molecule has 0 saturated carbocycles. The Morgan fingerprint density at radius 2 is 2.12 bits per heavy atom. The summed E-state index contributed by atoms with van der Waals surface area (Å²) in [7, 11) is 1.59. The monoisotopic (exact) mass is 352 g/mol. The van der Waals surface area contributed by atoms with E-state index < -0.39 is 17.7 Å². The molecule has 1 saturated heterocycles. The fourth-order valence-corrected chi connectivity index (χ4v) is 2.88. The number of piperidine rings is 1. The van der Waals surface area contributed by atoms with Gasteiger partial charge in [-0.05, 0) is 47.0 Å². The topological polar surface area (TPSA) is 104 Å². The lowest BCUT2D eigenvalue weighted by atomic mass is 9.98. The highest BCUT2D eigenvalue weighted by atomic mass is 16.6. The molecule has 1 aliphatic heterocycles. The number of tetrazole rings is 1. The molecule has 0 spiro atoms. The number of amides is 2. The molecule has 1 fully saturated rings. The van der Waals surface area contributed by atoms with Gasteiger partial charge >= 0.3 is 6.09 Å². The summed E-state index contributed by atoms with van der Waals surface area (Å²) in [6.07, 6.45) is 2.97. The van der Waals surface area contributed by atoms with Gasteiger partial charge in [-0.3, -0.25) is 9.69 Å². The minimum Gasteiger partial charge on any atom is -0.444 e. The minimum atomic E-state index is -0.597. The Labute approximate surface area is 148 Å². The van der Waals surface area contributed by atoms with Gasteiger partial charge in [0.1, 0.15) is 11.6 Å². The zero-order valence-corrected chi connectivity index (χ0v) is 15.7. The van der Waals surface area contributed by atoms with E-state index in [9.17, 15) is 9.59 Å². The van der Waals surface area contributed by atoms with Crippen LogP contribution in [0.2, 0.25) is 0 Å². The maximum absolute atomic E-state index is 13.0. The molecule has 9 nitrogen and oxygen atoms in total. The number of hydrogen-bond donors (Lipinski definition) is 1. The molecule has 1 aromatic rings. The van der Waals surface area contributed by atoms with Gasteiger partial charge in [0, 0.05) is 26.1 Å². The average molecular weight is 352 g/mol. The van der Waals surface area contributed by atoms with E-state index in [4.69, 9.17) is 4.74 Å². The Bertz CT molecular complexity index is 583. The van der Waals surface area contributed by atoms with Crippen LogP contribution < -0.4 is 0 Å². The summed E-state index contributed by atoms with van der Waals surface area (Å²) < 4.78 is 5.35. The Balaban J connectivity index is 2.03. The number of hydrogen-bond acceptors (Lipinski definition) is 6. The van der Waals surface area contributed by atoms with Gasteiger partial charge in [-0.25, -0.2) is 4.79 Å². The van der Waals surface area contributed by atoms with Crippen molar-refractivity contribution >= 4 is 12.0 Å². The first kappa shape index (κ1) is 19.1. The van der Waals surface area contributed by atoms with Gasteiger partial charge in [-0.2, -0.15) is 5.21 Å². The van der Waals surface area contributed by atoms with Gasteiger partial charge in [0.05, 0.1) is 0 Å². The largest absolute Gasteiger partial charge is 0.444 e. The first-order chi connectivity index (χ1) is 11.7. The summed E-state index contributed by atoms with van der Waals surface area (Å²) in [5.41, 5.74) is -0.597. The van der Waals surface area contributed by atoms with Crippen LogP contribution in [0.25, 0.3) is 0 Å². The first-order valence-corrected chi connectivity index (χ1v) is 8.67. The Morgan fingerprint density at radius 1 is 1.40 bits per heavy atom. The van der Waals surface area contributed by atoms with Crippen molar-refractivity contribution in [2.75, 3.05) is 13.6 Å². The molecule has 1 aliphatic rings. The number of carbonyl (C=O) groups is 2. The van der Waals surface area contributed by atoms with Crippen molar-refractivity contribution < 1.29 is 14.3 Å². The zero-order chi connectivity index (χ0) is 18.6. The lowest BCUT2D eigenvalue weighted by Gasteiger charge is -2.38. The van der Waals surface area contributed by atoms with Crippen LogP contribution in [-0.4, -0.2) is 73.7 Å². The average Bonchev–Trinajstić information content (AvgIpc) is 3.04. The van der Waals surface area contributed by atoms with E-state index >= 15 is 0 Å². The van der Waals surface area contributed by atoms with E-state index in [2.05, 4.69) is 20.6 Å². The highest BCUT2D eigenvalue weighted by molar-refractivity contribution is 5.85. The predicted molar refractivity (Wildman–Crippen MR) is 90.7 cm³/mol. The van der Waals surface area contributed by atoms with E-state index in [0.29, 0.717) is 18.8 Å². The molecule has 140 valence electrons. The van der Waals surface area contributed by atoms with Crippen molar-refractivity contribution in [2.24, 2.45) is 0 Å². The third kappa shape index (κ3) is 5.14. The summed E-state index contributed by atoms with van der Waals surface area (Å²) in [6, 6.07) is -0.575. The second-order valence-electron chi connectivity index (χ2n) is 7.48. The molecule has 0 aliphatic carbocycles. The van der Waals surface area contributed by atoms with Crippen LogP contribution in [0.1, 0.15) is 52.8 Å². The molecule has 25 heavy (non-hydrogen) atoms. The summed E-state index contributed by atoms with van der Waals surface area (Å²) >= 11 is 0. The van der Waals surface area contributed by atoms with Crippen molar-refractivity contribution in [3.05, 3.63) is 5.82 Å². The van der Waals surface area contributed by atoms with Crippen LogP contribution in [0.5, 0.6) is 0 Å². The number of ether oxygens (including phenoxy) is 1. The van der Waals surface area contributed by atoms with Crippen LogP contribution >= 0.6 is 0 Å². The number of nitrogens with zero attached hydrogens (tertiary/aromatic N) is 5. The molecule has 2 rings (SSSR count). The molecule has 9 heteroatoms. The quantitative estimate of drug-likeness (QED) is 0.878. The standard InChI is InChI=1S/C16H28N6O3/c1-11(21(5)15(24)25-16(2,3)4)14(23)22-9-7-6-8-12(22)10-13-17-19-20-18-13/h11-12H,6-10H2,1-5H3,(H,17,18,19,20)/t11-,12?/m1/s1. The van der Waals surface area contributed by atoms with E-state index in [-0.39, 0.29) is 11.9 Å². The second kappa shape index (κ2) is 7.79. The van der Waals surface area contributed by atoms with Crippen molar-refractivity contribution in [3.63, 3.8) is 0 Å². The number of rotatable bonds is 4. The lowest BCUT2D eigenvalue weighted by Crippen LogP contribution is -2.53. The van der Waals surface area contributed by atoms with Crippen molar-refractivity contribution in [2.45, 2.75) is 71.1 Å². The number of aromatic amines is 1. The highest BCUT2D eigenvalue weighted by Crippen LogP contribution is 2.21. The number of likely N-dealkylation sites (tertiary alicyclic amines) is 1. The normalized spacial score (nSPS) is 19.4. The lowest BCUT2D eigenvalue weighted by molar-refractivity contribution is -0.139. The number of H-pyrrole nitrogens is 1. The molecule has 1 aromatic heterocycles. The Kier molecular flexibility index (Phi) is 5.97. The van der Waals surface area contributed by atoms with Crippen LogP contribution in [0.3, 0.4) is 0 Å². The molecule has 2 heterocycles. The van der Waals surface area contributed by atoms with Crippen LogP contribution in [0, 0.1) is 0 Å². The minimum absolute atomic E-state index is 0.0216. The van der Waals surface area contributed by atoms with E-state index in [1.165, 1.54) is 4.90 Å².